The molecule has 1 fully saturated rings. The van der Waals surface area contributed by atoms with Crippen molar-refractivity contribution in [3.63, 3.8) is 0 Å². The van der Waals surface area contributed by atoms with Crippen LogP contribution in [-0.4, -0.2) is 26.7 Å². The number of rotatable bonds is 6. The van der Waals surface area contributed by atoms with Crippen LogP contribution in [0.3, 0.4) is 0 Å². The lowest BCUT2D eigenvalue weighted by molar-refractivity contribution is -0.141. The van der Waals surface area contributed by atoms with Crippen LogP contribution in [0, 0.1) is 16.7 Å². The van der Waals surface area contributed by atoms with E-state index in [1.54, 1.807) is 0 Å². The first-order valence-electron chi connectivity index (χ1n) is 6.73. The maximum absolute atomic E-state index is 12.4. The molecule has 0 aliphatic heterocycles. The van der Waals surface area contributed by atoms with Crippen LogP contribution in [0.5, 0.6) is 0 Å². The Labute approximate surface area is 124 Å². The van der Waals surface area contributed by atoms with Crippen LogP contribution in [0.2, 0.25) is 0 Å². The van der Waals surface area contributed by atoms with Crippen LogP contribution < -0.4 is 0 Å². The molecule has 0 bridgehead atoms. The minimum absolute atomic E-state index is 0.0627. The van der Waals surface area contributed by atoms with Gasteiger partial charge in [0.15, 0.2) is 9.84 Å². The molecule has 0 aromatic heterocycles. The number of ether oxygens (including phenoxy) is 1. The smallest absolute Gasteiger partial charge is 0.302 e. The molecule has 6 heteroatoms. The quantitative estimate of drug-likeness (QED) is 0.751. The molecule has 21 heavy (non-hydrogen) atoms. The summed E-state index contributed by atoms with van der Waals surface area (Å²) >= 11 is 0. The molecule has 0 spiro atoms. The van der Waals surface area contributed by atoms with E-state index in [2.05, 4.69) is 0 Å². The number of carbonyl (C=O) groups excluding carboxylic acids is 1. The van der Waals surface area contributed by atoms with Gasteiger partial charge < -0.3 is 4.74 Å². The maximum Gasteiger partial charge on any atom is 0.302 e. The number of hydrogen-bond donors (Lipinski definition) is 0. The Hall–Kier alpha value is -1.87. The molecule has 1 saturated carbocycles. The van der Waals surface area contributed by atoms with Crippen molar-refractivity contribution in [1.82, 2.24) is 0 Å². The molecular formula is C15H17NO4S. The zero-order valence-electron chi connectivity index (χ0n) is 11.8. The highest BCUT2D eigenvalue weighted by atomic mass is 32.2. The van der Waals surface area contributed by atoms with Crippen molar-refractivity contribution < 1.29 is 17.9 Å². The van der Waals surface area contributed by atoms with Crippen LogP contribution >= 0.6 is 0 Å². The summed E-state index contributed by atoms with van der Waals surface area (Å²) in [5, 5.41) is 8.73. The summed E-state index contributed by atoms with van der Waals surface area (Å²) < 4.78 is 29.7. The van der Waals surface area contributed by atoms with E-state index in [0.29, 0.717) is 12.0 Å². The van der Waals surface area contributed by atoms with Gasteiger partial charge in [-0.25, -0.2) is 8.42 Å². The second-order valence-corrected chi connectivity index (χ2v) is 7.47. The van der Waals surface area contributed by atoms with Gasteiger partial charge >= 0.3 is 5.97 Å². The van der Waals surface area contributed by atoms with Gasteiger partial charge in [-0.05, 0) is 48.9 Å². The number of carbonyl (C=O) groups is 1. The molecule has 0 amide bonds. The van der Waals surface area contributed by atoms with Gasteiger partial charge in [0.2, 0.25) is 0 Å². The standard InChI is InChI=1S/C15H17NO4S/c1-12(17)20-9-8-15(6-7-15)11-21(18,19)14-4-2-13(10-16)3-5-14/h2-5H,6-9,11H2,1H3. The fraction of sp³-hybridized carbons (Fsp3) is 0.467. The van der Waals surface area contributed by atoms with E-state index >= 15 is 0 Å². The molecule has 2 rings (SSSR count). The Kier molecular flexibility index (Phi) is 4.33. The first kappa shape index (κ1) is 15.5. The van der Waals surface area contributed by atoms with Gasteiger partial charge in [0.1, 0.15) is 0 Å². The van der Waals surface area contributed by atoms with E-state index in [-0.39, 0.29) is 28.6 Å². The van der Waals surface area contributed by atoms with Crippen LogP contribution in [0.15, 0.2) is 29.2 Å². The third kappa shape index (κ3) is 4.05. The van der Waals surface area contributed by atoms with Gasteiger partial charge in [-0.1, -0.05) is 0 Å². The van der Waals surface area contributed by atoms with Crippen molar-refractivity contribution in [2.75, 3.05) is 12.4 Å². The summed E-state index contributed by atoms with van der Waals surface area (Å²) in [7, 11) is -3.38. The van der Waals surface area contributed by atoms with Crippen LogP contribution in [0.25, 0.3) is 0 Å². The first-order valence-corrected chi connectivity index (χ1v) is 8.38. The molecule has 0 saturated heterocycles. The van der Waals surface area contributed by atoms with Crippen molar-refractivity contribution in [1.29, 1.82) is 5.26 Å². The monoisotopic (exact) mass is 307 g/mol. The van der Waals surface area contributed by atoms with E-state index in [0.717, 1.165) is 12.8 Å². The zero-order chi connectivity index (χ0) is 15.5. The van der Waals surface area contributed by atoms with Gasteiger partial charge in [-0.2, -0.15) is 5.26 Å². The molecular weight excluding hydrogens is 290 g/mol. The average molecular weight is 307 g/mol. The molecule has 0 heterocycles. The Bertz CT molecular complexity index is 667. The van der Waals surface area contributed by atoms with Gasteiger partial charge in [-0.3, -0.25) is 4.79 Å². The lowest BCUT2D eigenvalue weighted by atomic mass is 10.1. The van der Waals surface area contributed by atoms with Crippen molar-refractivity contribution in [2.45, 2.75) is 31.1 Å². The third-order valence-corrected chi connectivity index (χ3v) is 5.72. The first-order chi connectivity index (χ1) is 9.87. The number of esters is 1. The minimum Gasteiger partial charge on any atom is -0.466 e. The van der Waals surface area contributed by atoms with E-state index < -0.39 is 9.84 Å². The third-order valence-electron chi connectivity index (χ3n) is 3.73. The molecule has 112 valence electrons. The Morgan fingerprint density at radius 1 is 1.33 bits per heavy atom. The lowest BCUT2D eigenvalue weighted by Gasteiger charge is -2.15. The average Bonchev–Trinajstić information content (AvgIpc) is 3.17. The van der Waals surface area contributed by atoms with Crippen LogP contribution in [-0.2, 0) is 19.4 Å². The summed E-state index contributed by atoms with van der Waals surface area (Å²) in [4.78, 5) is 11.0. The summed E-state index contributed by atoms with van der Waals surface area (Å²) in [6.45, 7) is 1.60. The highest BCUT2D eigenvalue weighted by Crippen LogP contribution is 2.50. The molecule has 0 atom stereocenters. The lowest BCUT2D eigenvalue weighted by Crippen LogP contribution is -2.19. The zero-order valence-corrected chi connectivity index (χ0v) is 12.6. The van der Waals surface area contributed by atoms with Gasteiger partial charge in [0.05, 0.1) is 28.9 Å². The van der Waals surface area contributed by atoms with E-state index in [1.165, 1.54) is 31.2 Å². The molecule has 0 N–H and O–H groups in total. The minimum atomic E-state index is -3.38. The highest BCUT2D eigenvalue weighted by molar-refractivity contribution is 7.91. The Morgan fingerprint density at radius 2 is 1.95 bits per heavy atom. The van der Waals surface area contributed by atoms with Crippen molar-refractivity contribution >= 4 is 15.8 Å². The fourth-order valence-corrected chi connectivity index (χ4v) is 4.23. The van der Waals surface area contributed by atoms with E-state index in [4.69, 9.17) is 10.00 Å². The summed E-state index contributed by atoms with van der Waals surface area (Å²) in [5.74, 6) is -0.284. The predicted octanol–water partition coefficient (Wildman–Crippen LogP) is 2.07. The summed E-state index contributed by atoms with van der Waals surface area (Å²) in [6.07, 6.45) is 2.25. The van der Waals surface area contributed by atoms with Crippen LogP contribution in [0.4, 0.5) is 0 Å². The topological polar surface area (TPSA) is 84.2 Å². The Morgan fingerprint density at radius 3 is 2.43 bits per heavy atom. The molecule has 0 radical (unpaired) electrons. The number of benzene rings is 1. The Balaban J connectivity index is 2.03. The van der Waals surface area contributed by atoms with Crippen LogP contribution in [0.1, 0.15) is 31.7 Å². The van der Waals surface area contributed by atoms with Crippen molar-refractivity contribution in [3.8, 4) is 6.07 Å². The van der Waals surface area contributed by atoms with E-state index in [9.17, 15) is 13.2 Å². The summed E-state index contributed by atoms with van der Waals surface area (Å²) in [6, 6.07) is 7.91. The molecule has 0 unspecified atom stereocenters. The fourth-order valence-electron chi connectivity index (χ4n) is 2.28. The second kappa shape index (κ2) is 5.86. The number of nitrogens with zero attached hydrogens (tertiary/aromatic N) is 1. The van der Waals surface area contributed by atoms with Gasteiger partial charge in [0, 0.05) is 6.92 Å². The second-order valence-electron chi connectivity index (χ2n) is 5.49. The van der Waals surface area contributed by atoms with Crippen molar-refractivity contribution in [2.24, 2.45) is 5.41 Å². The highest BCUT2D eigenvalue weighted by Gasteiger charge is 2.46. The normalized spacial score (nSPS) is 16.0. The van der Waals surface area contributed by atoms with Gasteiger partial charge in [-0.15, -0.1) is 0 Å². The number of nitriles is 1. The SMILES string of the molecule is CC(=O)OCCC1(CS(=O)(=O)c2ccc(C#N)cc2)CC1. The molecule has 1 aromatic rings. The number of hydrogen-bond acceptors (Lipinski definition) is 5. The van der Waals surface area contributed by atoms with Crippen molar-refractivity contribution in [3.05, 3.63) is 29.8 Å². The number of sulfone groups is 1. The summed E-state index contributed by atoms with van der Waals surface area (Å²) in [5.41, 5.74) is 0.173. The molecule has 1 aromatic carbocycles. The maximum atomic E-state index is 12.4. The van der Waals surface area contributed by atoms with Gasteiger partial charge in [0.25, 0.3) is 0 Å². The van der Waals surface area contributed by atoms with E-state index in [1.807, 2.05) is 6.07 Å². The molecule has 5 nitrogen and oxygen atoms in total. The molecule has 1 aliphatic rings. The predicted molar refractivity (Wildman–Crippen MR) is 76.1 cm³/mol. The largest absolute Gasteiger partial charge is 0.466 e. The molecule has 1 aliphatic carbocycles.